The number of hydrogen-bond acceptors (Lipinski definition) is 4. The molecule has 3 rings (SSSR count). The predicted octanol–water partition coefficient (Wildman–Crippen LogP) is 3.18. The number of carbonyl (C=O) groups is 1. The van der Waals surface area contributed by atoms with Crippen molar-refractivity contribution in [2.45, 2.75) is 25.3 Å². The van der Waals surface area contributed by atoms with Crippen molar-refractivity contribution < 1.29 is 14.3 Å². The van der Waals surface area contributed by atoms with E-state index in [4.69, 9.17) is 9.47 Å². The van der Waals surface area contributed by atoms with Gasteiger partial charge in [0.1, 0.15) is 0 Å². The van der Waals surface area contributed by atoms with E-state index in [1.54, 1.807) is 14.2 Å². The zero-order valence-corrected chi connectivity index (χ0v) is 16.3. The van der Waals surface area contributed by atoms with Gasteiger partial charge in [-0.25, -0.2) is 0 Å². The first-order valence-electron chi connectivity index (χ1n) is 9.43. The van der Waals surface area contributed by atoms with E-state index in [0.29, 0.717) is 18.7 Å². The Balaban J connectivity index is 2.02. The van der Waals surface area contributed by atoms with Crippen LogP contribution in [0.4, 0.5) is 0 Å². The fraction of sp³-hybridized carbons (Fsp3) is 0.409. The number of methoxy groups -OCH3 is 2. The number of ether oxygens (including phenoxy) is 2. The van der Waals surface area contributed by atoms with E-state index in [0.717, 1.165) is 36.3 Å². The molecule has 27 heavy (non-hydrogen) atoms. The van der Waals surface area contributed by atoms with E-state index in [1.165, 1.54) is 5.56 Å². The van der Waals surface area contributed by atoms with E-state index in [1.807, 2.05) is 42.3 Å². The maximum Gasteiger partial charge on any atom is 0.223 e. The van der Waals surface area contributed by atoms with Crippen molar-refractivity contribution in [3.63, 3.8) is 0 Å². The van der Waals surface area contributed by atoms with E-state index < -0.39 is 0 Å². The maximum absolute atomic E-state index is 13.0. The lowest BCUT2D eigenvalue weighted by atomic mass is 9.87. The number of nitrogens with one attached hydrogen (secondary N) is 1. The number of rotatable bonds is 7. The summed E-state index contributed by atoms with van der Waals surface area (Å²) >= 11 is 0. The molecule has 1 atom stereocenters. The van der Waals surface area contributed by atoms with Crippen molar-refractivity contribution in [3.8, 4) is 11.5 Å². The lowest BCUT2D eigenvalue weighted by molar-refractivity contribution is -0.133. The Hall–Kier alpha value is -2.53. The molecule has 1 aliphatic heterocycles. The van der Waals surface area contributed by atoms with Crippen LogP contribution in [-0.2, 0) is 11.2 Å². The quantitative estimate of drug-likeness (QED) is 0.763. The van der Waals surface area contributed by atoms with Gasteiger partial charge in [-0.2, -0.15) is 0 Å². The van der Waals surface area contributed by atoms with Gasteiger partial charge in [0.25, 0.3) is 0 Å². The molecule has 1 heterocycles. The first kappa shape index (κ1) is 19.2. The van der Waals surface area contributed by atoms with Gasteiger partial charge < -0.3 is 19.7 Å². The van der Waals surface area contributed by atoms with Gasteiger partial charge in [-0.1, -0.05) is 30.3 Å². The van der Waals surface area contributed by atoms with Gasteiger partial charge >= 0.3 is 0 Å². The second-order valence-electron chi connectivity index (χ2n) is 6.76. The molecule has 1 unspecified atom stereocenters. The summed E-state index contributed by atoms with van der Waals surface area (Å²) in [5.74, 6) is 1.62. The summed E-state index contributed by atoms with van der Waals surface area (Å²) in [6, 6.07) is 14.2. The third-order valence-electron chi connectivity index (χ3n) is 5.13. The molecule has 1 amide bonds. The Morgan fingerprint density at radius 1 is 1.15 bits per heavy atom. The van der Waals surface area contributed by atoms with E-state index >= 15 is 0 Å². The van der Waals surface area contributed by atoms with Crippen LogP contribution in [0.5, 0.6) is 11.5 Å². The number of hydrogen-bond donors (Lipinski definition) is 1. The monoisotopic (exact) mass is 368 g/mol. The number of fused-ring (bicyclic) bond motifs is 1. The Morgan fingerprint density at radius 3 is 2.52 bits per heavy atom. The van der Waals surface area contributed by atoms with Crippen LogP contribution in [0, 0.1) is 0 Å². The third kappa shape index (κ3) is 4.08. The van der Waals surface area contributed by atoms with Crippen molar-refractivity contribution in [3.05, 3.63) is 59.2 Å². The van der Waals surface area contributed by atoms with Gasteiger partial charge in [-0.3, -0.25) is 4.79 Å². The molecule has 5 nitrogen and oxygen atoms in total. The standard InChI is InChI=1S/C22H28N2O3/c1-23-12-7-10-21(25)24-13-11-17-14-19(26-2)20(27-3)15-18(17)22(24)16-8-5-4-6-9-16/h4-6,8-9,14-15,22-23H,7,10-13H2,1-3H3. The van der Waals surface area contributed by atoms with Gasteiger partial charge in [0.15, 0.2) is 11.5 Å². The number of carbonyl (C=O) groups excluding carboxylic acids is 1. The Morgan fingerprint density at radius 2 is 1.85 bits per heavy atom. The fourth-order valence-corrected chi connectivity index (χ4v) is 3.77. The molecule has 2 aromatic rings. The minimum absolute atomic E-state index is 0.100. The highest BCUT2D eigenvalue weighted by Gasteiger charge is 2.32. The van der Waals surface area contributed by atoms with Gasteiger partial charge in [-0.05, 0) is 55.3 Å². The van der Waals surface area contributed by atoms with Crippen molar-refractivity contribution in [1.29, 1.82) is 0 Å². The lowest BCUT2D eigenvalue weighted by Gasteiger charge is -2.38. The molecule has 0 spiro atoms. The second-order valence-corrected chi connectivity index (χ2v) is 6.76. The highest BCUT2D eigenvalue weighted by molar-refractivity contribution is 5.78. The van der Waals surface area contributed by atoms with Crippen LogP contribution in [-0.4, -0.2) is 45.2 Å². The van der Waals surface area contributed by atoms with Crippen LogP contribution in [0.25, 0.3) is 0 Å². The summed E-state index contributed by atoms with van der Waals surface area (Å²) < 4.78 is 11.0. The molecule has 0 saturated carbocycles. The van der Waals surface area contributed by atoms with Crippen LogP contribution in [0.2, 0.25) is 0 Å². The maximum atomic E-state index is 13.0. The molecular formula is C22H28N2O3. The van der Waals surface area contributed by atoms with Crippen LogP contribution < -0.4 is 14.8 Å². The third-order valence-corrected chi connectivity index (χ3v) is 5.13. The predicted molar refractivity (Wildman–Crippen MR) is 106 cm³/mol. The van der Waals surface area contributed by atoms with Crippen molar-refractivity contribution >= 4 is 5.91 Å². The molecule has 0 radical (unpaired) electrons. The molecule has 2 aromatic carbocycles. The molecule has 5 heteroatoms. The largest absolute Gasteiger partial charge is 0.493 e. The minimum Gasteiger partial charge on any atom is -0.493 e. The summed E-state index contributed by atoms with van der Waals surface area (Å²) in [6.45, 7) is 1.55. The molecule has 0 aromatic heterocycles. The summed E-state index contributed by atoms with van der Waals surface area (Å²) in [6.07, 6.45) is 2.20. The van der Waals surface area contributed by atoms with Gasteiger partial charge in [0.05, 0.1) is 20.3 Å². The number of nitrogens with zero attached hydrogens (tertiary/aromatic N) is 1. The molecule has 1 N–H and O–H groups in total. The molecule has 0 aliphatic carbocycles. The number of amides is 1. The first-order chi connectivity index (χ1) is 13.2. The molecular weight excluding hydrogens is 340 g/mol. The van der Waals surface area contributed by atoms with E-state index in [2.05, 4.69) is 17.4 Å². The van der Waals surface area contributed by atoms with Gasteiger partial charge in [-0.15, -0.1) is 0 Å². The van der Waals surface area contributed by atoms with Crippen LogP contribution in [0.15, 0.2) is 42.5 Å². The SMILES string of the molecule is CNCCCC(=O)N1CCc2cc(OC)c(OC)cc2C1c1ccccc1. The second kappa shape index (κ2) is 8.91. The molecule has 1 aliphatic rings. The average molecular weight is 368 g/mol. The molecule has 0 fully saturated rings. The van der Waals surface area contributed by atoms with Crippen LogP contribution >= 0.6 is 0 Å². The Bertz CT molecular complexity index is 777. The van der Waals surface area contributed by atoms with Crippen LogP contribution in [0.1, 0.15) is 35.6 Å². The van der Waals surface area contributed by atoms with Crippen molar-refractivity contribution in [2.75, 3.05) is 34.4 Å². The smallest absolute Gasteiger partial charge is 0.223 e. The van der Waals surface area contributed by atoms with E-state index in [9.17, 15) is 4.79 Å². The van der Waals surface area contributed by atoms with Crippen molar-refractivity contribution in [2.24, 2.45) is 0 Å². The summed E-state index contributed by atoms with van der Waals surface area (Å²) in [4.78, 5) is 15.0. The van der Waals surface area contributed by atoms with Crippen LogP contribution in [0.3, 0.4) is 0 Å². The Labute approximate surface area is 161 Å². The molecule has 0 bridgehead atoms. The molecule has 0 saturated heterocycles. The lowest BCUT2D eigenvalue weighted by Crippen LogP contribution is -2.40. The summed E-state index contributed by atoms with van der Waals surface area (Å²) in [5.41, 5.74) is 3.44. The Kier molecular flexibility index (Phi) is 6.35. The summed E-state index contributed by atoms with van der Waals surface area (Å²) in [7, 11) is 5.21. The van der Waals surface area contributed by atoms with Gasteiger partial charge in [0.2, 0.25) is 5.91 Å². The highest BCUT2D eigenvalue weighted by Crippen LogP contribution is 2.41. The zero-order chi connectivity index (χ0) is 19.2. The number of benzene rings is 2. The summed E-state index contributed by atoms with van der Waals surface area (Å²) in [5, 5.41) is 3.11. The van der Waals surface area contributed by atoms with Crippen molar-refractivity contribution in [1.82, 2.24) is 10.2 Å². The fourth-order valence-electron chi connectivity index (χ4n) is 3.77. The topological polar surface area (TPSA) is 50.8 Å². The average Bonchev–Trinajstić information content (AvgIpc) is 2.72. The van der Waals surface area contributed by atoms with E-state index in [-0.39, 0.29) is 11.9 Å². The highest BCUT2D eigenvalue weighted by atomic mass is 16.5. The normalized spacial score (nSPS) is 16.0. The minimum atomic E-state index is -0.100. The van der Waals surface area contributed by atoms with Gasteiger partial charge in [0, 0.05) is 13.0 Å². The molecule has 144 valence electrons. The zero-order valence-electron chi connectivity index (χ0n) is 16.3. The first-order valence-corrected chi connectivity index (χ1v) is 9.43.